The summed E-state index contributed by atoms with van der Waals surface area (Å²) in [6, 6.07) is 6.77. The van der Waals surface area contributed by atoms with Crippen molar-refractivity contribution in [2.75, 3.05) is 11.4 Å². The normalized spacial score (nSPS) is 20.1. The average molecular weight is 273 g/mol. The van der Waals surface area contributed by atoms with Crippen molar-refractivity contribution in [3.63, 3.8) is 0 Å². The summed E-state index contributed by atoms with van der Waals surface area (Å²) < 4.78 is 0. The van der Waals surface area contributed by atoms with Gasteiger partial charge in [0.15, 0.2) is 0 Å². The van der Waals surface area contributed by atoms with Crippen molar-refractivity contribution >= 4 is 17.7 Å². The topological polar surface area (TPSA) is 40.5 Å². The maximum Gasteiger partial charge on any atom is 0.328 e. The third-order valence-corrected chi connectivity index (χ3v) is 4.00. The first-order valence-corrected chi connectivity index (χ1v) is 7.36. The van der Waals surface area contributed by atoms with Crippen LogP contribution in [0.2, 0.25) is 0 Å². The number of hydrogen-bond donors (Lipinski definition) is 1. The molecule has 1 fully saturated rings. The van der Waals surface area contributed by atoms with Crippen LogP contribution in [0.5, 0.6) is 0 Å². The van der Waals surface area contributed by atoms with Crippen LogP contribution < -0.4 is 4.90 Å². The summed E-state index contributed by atoms with van der Waals surface area (Å²) in [7, 11) is 0. The number of carboxylic acids is 1. The van der Waals surface area contributed by atoms with Crippen LogP contribution in [0.25, 0.3) is 6.08 Å². The Bertz CT molecular complexity index is 508. The van der Waals surface area contributed by atoms with Gasteiger partial charge in [0.05, 0.1) is 0 Å². The van der Waals surface area contributed by atoms with Crippen molar-refractivity contribution in [1.82, 2.24) is 0 Å². The van der Waals surface area contributed by atoms with E-state index >= 15 is 0 Å². The van der Waals surface area contributed by atoms with Crippen molar-refractivity contribution in [2.45, 2.75) is 45.6 Å². The molecule has 1 N–H and O–H groups in total. The smallest absolute Gasteiger partial charge is 0.328 e. The van der Waals surface area contributed by atoms with Crippen molar-refractivity contribution < 1.29 is 9.90 Å². The molecule has 0 spiro atoms. The number of carbonyl (C=O) groups is 1. The Balaban J connectivity index is 2.22. The lowest BCUT2D eigenvalue weighted by Crippen LogP contribution is -2.32. The van der Waals surface area contributed by atoms with Gasteiger partial charge >= 0.3 is 5.97 Å². The zero-order valence-electron chi connectivity index (χ0n) is 12.3. The molecular weight excluding hydrogens is 250 g/mol. The van der Waals surface area contributed by atoms with Gasteiger partial charge in [-0.05, 0) is 56.0 Å². The number of nitrogens with zero attached hydrogens (tertiary/aromatic N) is 1. The Morgan fingerprint density at radius 3 is 2.85 bits per heavy atom. The molecule has 0 aromatic heterocycles. The summed E-state index contributed by atoms with van der Waals surface area (Å²) in [4.78, 5) is 13.1. The van der Waals surface area contributed by atoms with Gasteiger partial charge in [0, 0.05) is 24.4 Å². The Labute approximate surface area is 120 Å². The summed E-state index contributed by atoms with van der Waals surface area (Å²) in [5.74, 6) is -0.909. The summed E-state index contributed by atoms with van der Waals surface area (Å²) >= 11 is 0. The van der Waals surface area contributed by atoms with Gasteiger partial charge in [-0.2, -0.15) is 0 Å². The molecule has 2 rings (SSSR count). The molecule has 1 unspecified atom stereocenters. The third kappa shape index (κ3) is 3.62. The molecule has 1 aromatic carbocycles. The molecule has 0 amide bonds. The van der Waals surface area contributed by atoms with Crippen molar-refractivity contribution in [1.29, 1.82) is 0 Å². The van der Waals surface area contributed by atoms with E-state index in [0.29, 0.717) is 6.04 Å². The number of aryl methyl sites for hydroxylation is 1. The van der Waals surface area contributed by atoms with E-state index in [1.54, 1.807) is 6.08 Å². The van der Waals surface area contributed by atoms with E-state index in [1.165, 1.54) is 43.0 Å². The fourth-order valence-electron chi connectivity index (χ4n) is 2.90. The second-order valence-electron chi connectivity index (χ2n) is 5.61. The molecule has 0 bridgehead atoms. The fraction of sp³-hybridized carbons (Fsp3) is 0.471. The quantitative estimate of drug-likeness (QED) is 0.850. The monoisotopic (exact) mass is 273 g/mol. The number of carboxylic acid groups (broad SMARTS) is 1. The molecule has 108 valence electrons. The van der Waals surface area contributed by atoms with Crippen LogP contribution in [0.4, 0.5) is 5.69 Å². The maximum absolute atomic E-state index is 10.6. The molecule has 3 nitrogen and oxygen atoms in total. The molecule has 1 aromatic rings. The molecular formula is C17H23NO2. The third-order valence-electron chi connectivity index (χ3n) is 4.00. The average Bonchev–Trinajstić information content (AvgIpc) is 2.61. The Morgan fingerprint density at radius 1 is 1.35 bits per heavy atom. The lowest BCUT2D eigenvalue weighted by atomic mass is 10.1. The predicted octanol–water partition coefficient (Wildman–Crippen LogP) is 3.86. The van der Waals surface area contributed by atoms with E-state index in [9.17, 15) is 4.79 Å². The minimum atomic E-state index is -0.909. The Morgan fingerprint density at radius 2 is 2.15 bits per heavy atom. The lowest BCUT2D eigenvalue weighted by molar-refractivity contribution is -0.131. The Hall–Kier alpha value is -1.77. The van der Waals surface area contributed by atoms with E-state index < -0.39 is 5.97 Å². The predicted molar refractivity (Wildman–Crippen MR) is 83.1 cm³/mol. The molecule has 3 heteroatoms. The molecule has 1 heterocycles. The number of aliphatic carboxylic acids is 1. The first-order chi connectivity index (χ1) is 9.58. The molecule has 0 saturated carbocycles. The highest BCUT2D eigenvalue weighted by Gasteiger charge is 2.18. The zero-order valence-corrected chi connectivity index (χ0v) is 12.3. The highest BCUT2D eigenvalue weighted by Crippen LogP contribution is 2.28. The number of rotatable bonds is 3. The highest BCUT2D eigenvalue weighted by atomic mass is 16.4. The molecule has 1 atom stereocenters. The molecule has 20 heavy (non-hydrogen) atoms. The summed E-state index contributed by atoms with van der Waals surface area (Å²) in [6.07, 6.45) is 7.97. The lowest BCUT2D eigenvalue weighted by Gasteiger charge is -2.31. The van der Waals surface area contributed by atoms with Crippen LogP contribution in [-0.2, 0) is 4.79 Å². The van der Waals surface area contributed by atoms with Crippen LogP contribution in [0.3, 0.4) is 0 Å². The van der Waals surface area contributed by atoms with E-state index in [-0.39, 0.29) is 0 Å². The van der Waals surface area contributed by atoms with Crippen LogP contribution in [0.1, 0.15) is 43.7 Å². The van der Waals surface area contributed by atoms with Gasteiger partial charge in [0.2, 0.25) is 0 Å². The summed E-state index contributed by atoms with van der Waals surface area (Å²) in [6.45, 7) is 5.51. The van der Waals surface area contributed by atoms with Crippen molar-refractivity contribution in [3.8, 4) is 0 Å². The minimum absolute atomic E-state index is 0.580. The summed E-state index contributed by atoms with van der Waals surface area (Å²) in [5.41, 5.74) is 3.44. The van der Waals surface area contributed by atoms with Gasteiger partial charge < -0.3 is 10.0 Å². The standard InChI is InChI=1S/C17H23NO2/c1-13-12-15(8-10-17(19)20)7-9-16(13)18-11-5-3-4-6-14(18)2/h7-10,12,14H,3-6,11H2,1-2H3,(H,19,20). The molecule has 1 aliphatic heterocycles. The van der Waals surface area contributed by atoms with Crippen LogP contribution in [-0.4, -0.2) is 23.7 Å². The molecule has 0 radical (unpaired) electrons. The van der Waals surface area contributed by atoms with Crippen LogP contribution in [0, 0.1) is 6.92 Å². The van der Waals surface area contributed by atoms with Crippen molar-refractivity contribution in [2.24, 2.45) is 0 Å². The first kappa shape index (κ1) is 14.6. The molecule has 1 aliphatic rings. The Kier molecular flexibility index (Phi) is 4.83. The second-order valence-corrected chi connectivity index (χ2v) is 5.61. The van der Waals surface area contributed by atoms with Crippen LogP contribution in [0.15, 0.2) is 24.3 Å². The summed E-state index contributed by atoms with van der Waals surface area (Å²) in [5, 5.41) is 8.67. The van der Waals surface area contributed by atoms with Gasteiger partial charge in [0.1, 0.15) is 0 Å². The fourth-order valence-corrected chi connectivity index (χ4v) is 2.90. The highest BCUT2D eigenvalue weighted by molar-refractivity contribution is 5.85. The van der Waals surface area contributed by atoms with E-state index in [1.807, 2.05) is 6.07 Å². The van der Waals surface area contributed by atoms with E-state index in [0.717, 1.165) is 12.1 Å². The van der Waals surface area contributed by atoms with Gasteiger partial charge in [-0.3, -0.25) is 0 Å². The number of benzene rings is 1. The molecule has 0 aliphatic carbocycles. The minimum Gasteiger partial charge on any atom is -0.478 e. The largest absolute Gasteiger partial charge is 0.478 e. The maximum atomic E-state index is 10.6. The van der Waals surface area contributed by atoms with Gasteiger partial charge in [-0.15, -0.1) is 0 Å². The number of anilines is 1. The van der Waals surface area contributed by atoms with E-state index in [2.05, 4.69) is 30.9 Å². The van der Waals surface area contributed by atoms with Gasteiger partial charge in [-0.1, -0.05) is 18.9 Å². The molecule has 1 saturated heterocycles. The number of hydrogen-bond acceptors (Lipinski definition) is 2. The van der Waals surface area contributed by atoms with Crippen molar-refractivity contribution in [3.05, 3.63) is 35.4 Å². The van der Waals surface area contributed by atoms with Gasteiger partial charge in [0.25, 0.3) is 0 Å². The van der Waals surface area contributed by atoms with Crippen LogP contribution >= 0.6 is 0 Å². The second kappa shape index (κ2) is 6.60. The van der Waals surface area contributed by atoms with E-state index in [4.69, 9.17) is 5.11 Å². The van der Waals surface area contributed by atoms with Gasteiger partial charge in [-0.25, -0.2) is 4.79 Å². The first-order valence-electron chi connectivity index (χ1n) is 7.36. The SMILES string of the molecule is Cc1cc(C=CC(=O)O)ccc1N1CCCCCC1C. The zero-order chi connectivity index (χ0) is 14.5.